The van der Waals surface area contributed by atoms with Crippen molar-refractivity contribution in [1.29, 1.82) is 0 Å². The quantitative estimate of drug-likeness (QED) is 0.885. The van der Waals surface area contributed by atoms with Crippen LogP contribution >= 0.6 is 11.6 Å². The van der Waals surface area contributed by atoms with Crippen LogP contribution in [0.2, 0.25) is 5.02 Å². The van der Waals surface area contributed by atoms with Crippen LogP contribution in [-0.4, -0.2) is 36.2 Å². The van der Waals surface area contributed by atoms with Crippen molar-refractivity contribution in [1.82, 2.24) is 10.2 Å². The number of benzene rings is 1. The Labute approximate surface area is 114 Å². The van der Waals surface area contributed by atoms with Gasteiger partial charge in [-0.05, 0) is 17.5 Å². The molecule has 4 heteroatoms. The first-order valence-corrected chi connectivity index (χ1v) is 6.90. The Hall–Kier alpha value is -0.770. The second kappa shape index (κ2) is 5.91. The maximum atomic E-state index is 10.1. The molecule has 0 radical (unpaired) electrons. The van der Waals surface area contributed by atoms with E-state index in [0.29, 0.717) is 10.9 Å². The number of phenolic OH excluding ortho intramolecular Hbond substituents is 1. The monoisotopic (exact) mass is 268 g/mol. The third-order valence-electron chi connectivity index (χ3n) is 3.43. The molecule has 0 aliphatic carbocycles. The van der Waals surface area contributed by atoms with Gasteiger partial charge in [0.25, 0.3) is 0 Å². The van der Waals surface area contributed by atoms with Crippen molar-refractivity contribution in [3.8, 4) is 5.75 Å². The fourth-order valence-corrected chi connectivity index (χ4v) is 2.49. The number of halogens is 1. The number of rotatable bonds is 3. The van der Waals surface area contributed by atoms with E-state index in [2.05, 4.69) is 30.1 Å². The Kier molecular flexibility index (Phi) is 4.49. The zero-order chi connectivity index (χ0) is 13.1. The van der Waals surface area contributed by atoms with E-state index >= 15 is 0 Å². The summed E-state index contributed by atoms with van der Waals surface area (Å²) in [6.45, 7) is 9.10. The first-order valence-electron chi connectivity index (χ1n) is 6.52. The van der Waals surface area contributed by atoms with Gasteiger partial charge in [0.15, 0.2) is 0 Å². The molecule has 3 nitrogen and oxygen atoms in total. The van der Waals surface area contributed by atoms with Gasteiger partial charge in [-0.3, -0.25) is 4.90 Å². The summed E-state index contributed by atoms with van der Waals surface area (Å²) in [7, 11) is 0. The molecule has 0 unspecified atom stereocenters. The van der Waals surface area contributed by atoms with Crippen molar-refractivity contribution >= 4 is 11.6 Å². The molecule has 1 aromatic rings. The van der Waals surface area contributed by atoms with Crippen LogP contribution in [0.4, 0.5) is 0 Å². The third kappa shape index (κ3) is 3.16. The minimum Gasteiger partial charge on any atom is -0.506 e. The highest BCUT2D eigenvalue weighted by molar-refractivity contribution is 6.32. The molecular weight excluding hydrogens is 248 g/mol. The van der Waals surface area contributed by atoms with Crippen LogP contribution in [0.5, 0.6) is 5.75 Å². The van der Waals surface area contributed by atoms with Gasteiger partial charge in [0.05, 0.1) is 5.02 Å². The number of hydrogen-bond acceptors (Lipinski definition) is 3. The van der Waals surface area contributed by atoms with Gasteiger partial charge in [-0.1, -0.05) is 31.5 Å². The van der Waals surface area contributed by atoms with Crippen LogP contribution in [0.25, 0.3) is 0 Å². The van der Waals surface area contributed by atoms with Crippen molar-refractivity contribution < 1.29 is 5.11 Å². The summed E-state index contributed by atoms with van der Waals surface area (Å²) in [5.41, 5.74) is 2.12. The van der Waals surface area contributed by atoms with Crippen molar-refractivity contribution in [3.63, 3.8) is 0 Å². The van der Waals surface area contributed by atoms with Gasteiger partial charge < -0.3 is 10.4 Å². The summed E-state index contributed by atoms with van der Waals surface area (Å²) in [4.78, 5) is 2.34. The summed E-state index contributed by atoms with van der Waals surface area (Å²) in [6.07, 6.45) is 0. The standard InChI is InChI=1S/C14H21ClN2O/c1-10(2)11-7-12(14(18)13(15)8-11)9-17-5-3-16-4-6-17/h7-8,10,16,18H,3-6,9H2,1-2H3. The van der Waals surface area contributed by atoms with Gasteiger partial charge in [-0.2, -0.15) is 0 Å². The average molecular weight is 269 g/mol. The molecule has 1 fully saturated rings. The van der Waals surface area contributed by atoms with E-state index in [0.717, 1.165) is 38.3 Å². The topological polar surface area (TPSA) is 35.5 Å². The molecular formula is C14H21ClN2O. The Morgan fingerprint density at radius 3 is 2.61 bits per heavy atom. The minimum absolute atomic E-state index is 0.236. The Morgan fingerprint density at radius 1 is 1.33 bits per heavy atom. The predicted molar refractivity (Wildman–Crippen MR) is 75.4 cm³/mol. The predicted octanol–water partition coefficient (Wildman–Crippen LogP) is 2.57. The van der Waals surface area contributed by atoms with Crippen molar-refractivity contribution in [2.45, 2.75) is 26.3 Å². The Balaban J connectivity index is 2.19. The molecule has 1 heterocycles. The zero-order valence-electron chi connectivity index (χ0n) is 11.0. The largest absolute Gasteiger partial charge is 0.506 e. The number of hydrogen-bond donors (Lipinski definition) is 2. The van der Waals surface area contributed by atoms with E-state index in [9.17, 15) is 5.11 Å². The molecule has 0 amide bonds. The molecule has 2 N–H and O–H groups in total. The van der Waals surface area contributed by atoms with Crippen LogP contribution in [-0.2, 0) is 6.54 Å². The van der Waals surface area contributed by atoms with Crippen LogP contribution in [0.1, 0.15) is 30.9 Å². The first kappa shape index (κ1) is 13.7. The first-order chi connectivity index (χ1) is 8.58. The highest BCUT2D eigenvalue weighted by Crippen LogP contribution is 2.32. The molecule has 2 rings (SSSR count). The maximum Gasteiger partial charge on any atom is 0.138 e. The van der Waals surface area contributed by atoms with E-state index < -0.39 is 0 Å². The second-order valence-corrected chi connectivity index (χ2v) is 5.60. The lowest BCUT2D eigenvalue weighted by atomic mass is 10.00. The van der Waals surface area contributed by atoms with E-state index in [-0.39, 0.29) is 5.75 Å². The molecule has 1 aliphatic rings. The molecule has 0 aromatic heterocycles. The van der Waals surface area contributed by atoms with Gasteiger partial charge in [0, 0.05) is 38.3 Å². The molecule has 1 saturated heterocycles. The summed E-state index contributed by atoms with van der Waals surface area (Å²) in [5, 5.41) is 13.9. The van der Waals surface area contributed by atoms with Gasteiger partial charge in [-0.15, -0.1) is 0 Å². The van der Waals surface area contributed by atoms with E-state index in [1.807, 2.05) is 6.07 Å². The highest BCUT2D eigenvalue weighted by atomic mass is 35.5. The smallest absolute Gasteiger partial charge is 0.138 e. The number of aromatic hydroxyl groups is 1. The minimum atomic E-state index is 0.236. The van der Waals surface area contributed by atoms with E-state index in [1.54, 1.807) is 0 Å². The zero-order valence-corrected chi connectivity index (χ0v) is 11.8. The molecule has 1 aromatic carbocycles. The van der Waals surface area contributed by atoms with Crippen LogP contribution in [0.3, 0.4) is 0 Å². The van der Waals surface area contributed by atoms with Gasteiger partial charge in [0.2, 0.25) is 0 Å². The lowest BCUT2D eigenvalue weighted by Crippen LogP contribution is -2.42. The van der Waals surface area contributed by atoms with Crippen molar-refractivity contribution in [2.75, 3.05) is 26.2 Å². The Bertz CT molecular complexity index is 415. The average Bonchev–Trinajstić information content (AvgIpc) is 2.35. The summed E-state index contributed by atoms with van der Waals surface area (Å²) < 4.78 is 0. The summed E-state index contributed by atoms with van der Waals surface area (Å²) >= 11 is 6.10. The molecule has 100 valence electrons. The van der Waals surface area contributed by atoms with Gasteiger partial charge in [0.1, 0.15) is 5.75 Å². The van der Waals surface area contributed by atoms with E-state index in [1.165, 1.54) is 5.56 Å². The molecule has 18 heavy (non-hydrogen) atoms. The highest BCUT2D eigenvalue weighted by Gasteiger charge is 2.15. The van der Waals surface area contributed by atoms with Crippen LogP contribution in [0.15, 0.2) is 12.1 Å². The van der Waals surface area contributed by atoms with Crippen molar-refractivity contribution in [3.05, 3.63) is 28.3 Å². The Morgan fingerprint density at radius 2 is 2.00 bits per heavy atom. The van der Waals surface area contributed by atoms with Crippen molar-refractivity contribution in [2.24, 2.45) is 0 Å². The van der Waals surface area contributed by atoms with Gasteiger partial charge in [-0.25, -0.2) is 0 Å². The maximum absolute atomic E-state index is 10.1. The molecule has 0 saturated carbocycles. The van der Waals surface area contributed by atoms with Crippen LogP contribution in [0, 0.1) is 0 Å². The fourth-order valence-electron chi connectivity index (χ4n) is 2.24. The molecule has 0 atom stereocenters. The van der Waals surface area contributed by atoms with E-state index in [4.69, 9.17) is 11.6 Å². The van der Waals surface area contributed by atoms with Gasteiger partial charge >= 0.3 is 0 Å². The van der Waals surface area contributed by atoms with Crippen LogP contribution < -0.4 is 5.32 Å². The summed E-state index contributed by atoms with van der Waals surface area (Å²) in [6, 6.07) is 3.94. The fraction of sp³-hybridized carbons (Fsp3) is 0.571. The number of nitrogens with one attached hydrogen (secondary N) is 1. The lowest BCUT2D eigenvalue weighted by Gasteiger charge is -2.27. The number of piperazine rings is 1. The molecule has 0 bridgehead atoms. The molecule has 0 spiro atoms. The normalized spacial score (nSPS) is 17.3. The lowest BCUT2D eigenvalue weighted by molar-refractivity contribution is 0.230. The second-order valence-electron chi connectivity index (χ2n) is 5.19. The third-order valence-corrected chi connectivity index (χ3v) is 3.72. The molecule has 1 aliphatic heterocycles. The number of nitrogens with zero attached hydrogens (tertiary/aromatic N) is 1. The number of phenols is 1. The summed E-state index contributed by atoms with van der Waals surface area (Å²) in [5.74, 6) is 0.657. The SMILES string of the molecule is CC(C)c1cc(Cl)c(O)c(CN2CCNCC2)c1.